The van der Waals surface area contributed by atoms with Crippen LogP contribution in [0.2, 0.25) is 0 Å². The second-order valence-electron chi connectivity index (χ2n) is 6.59. The monoisotopic (exact) mass is 340 g/mol. The van der Waals surface area contributed by atoms with Crippen LogP contribution in [0.4, 0.5) is 0 Å². The summed E-state index contributed by atoms with van der Waals surface area (Å²) in [7, 11) is 0. The molecule has 23 heavy (non-hydrogen) atoms. The van der Waals surface area contributed by atoms with Crippen LogP contribution in [-0.2, 0) is 6.54 Å². The van der Waals surface area contributed by atoms with Crippen molar-refractivity contribution in [2.75, 3.05) is 0 Å². The van der Waals surface area contributed by atoms with Crippen LogP contribution in [-0.4, -0.2) is 4.98 Å². The number of hydrogen-bond donors (Lipinski definition) is 0. The number of aryl methyl sites for hydroxylation is 1. The number of unbranched alkanes of at least 4 members (excludes halogenated alkanes) is 13. The Labute approximate surface area is 150 Å². The number of hydrogen-bond acceptors (Lipinski definition) is 1. The molecule has 0 aliphatic heterocycles. The van der Waals surface area contributed by atoms with Crippen molar-refractivity contribution in [1.29, 1.82) is 0 Å². The van der Waals surface area contributed by atoms with Gasteiger partial charge in [-0.3, -0.25) is 0 Å². The van der Waals surface area contributed by atoms with Gasteiger partial charge in [0.25, 0.3) is 6.33 Å². The molecule has 0 unspecified atom stereocenters. The van der Waals surface area contributed by atoms with Gasteiger partial charge in [-0.2, -0.15) is 0 Å². The maximum atomic E-state index is 4.13. The Balaban J connectivity index is 0.00000484. The zero-order valence-corrected chi connectivity index (χ0v) is 15.9. The summed E-state index contributed by atoms with van der Waals surface area (Å²) in [5.74, 6) is 0. The van der Waals surface area contributed by atoms with Gasteiger partial charge in [-0.1, -0.05) is 89.0 Å². The molecule has 0 atom stereocenters. The Bertz CT molecular complexity index is 330. The molecule has 0 amide bonds. The van der Waals surface area contributed by atoms with Gasteiger partial charge in [0.15, 0.2) is 0 Å². The van der Waals surface area contributed by atoms with Gasteiger partial charge < -0.3 is 12.4 Å². The Hall–Kier alpha value is -0.630. The number of halogens is 1. The molecule has 2 nitrogen and oxygen atoms in total. The molecular weight excluding hydrogens is 304 g/mol. The summed E-state index contributed by atoms with van der Waals surface area (Å²) < 4.78 is 2.18. The van der Waals surface area contributed by atoms with Gasteiger partial charge in [0, 0.05) is 6.07 Å². The van der Waals surface area contributed by atoms with Crippen LogP contribution in [0.3, 0.4) is 0 Å². The molecule has 0 aromatic carbocycles. The SMILES string of the molecule is CCCCCCCCCCCCCCCC[n+]1cccnc1.[Cl-]. The number of rotatable bonds is 15. The lowest BCUT2D eigenvalue weighted by molar-refractivity contribution is -0.700. The highest BCUT2D eigenvalue weighted by atomic mass is 35.5. The molecule has 0 N–H and O–H groups in total. The van der Waals surface area contributed by atoms with Crippen molar-refractivity contribution in [2.45, 2.75) is 103 Å². The van der Waals surface area contributed by atoms with Crippen molar-refractivity contribution in [3.8, 4) is 0 Å². The van der Waals surface area contributed by atoms with E-state index in [1.807, 2.05) is 18.6 Å². The van der Waals surface area contributed by atoms with Crippen molar-refractivity contribution in [3.63, 3.8) is 0 Å². The lowest BCUT2D eigenvalue weighted by Gasteiger charge is -2.03. The fraction of sp³-hybridized carbons (Fsp3) is 0.800. The minimum Gasteiger partial charge on any atom is -1.00 e. The van der Waals surface area contributed by atoms with Crippen LogP contribution in [0.1, 0.15) is 96.8 Å². The first kappa shape index (κ1) is 22.4. The van der Waals surface area contributed by atoms with Crippen molar-refractivity contribution >= 4 is 0 Å². The third kappa shape index (κ3) is 14.7. The summed E-state index contributed by atoms with van der Waals surface area (Å²) in [5, 5.41) is 0. The van der Waals surface area contributed by atoms with Crippen LogP contribution in [0.5, 0.6) is 0 Å². The highest BCUT2D eigenvalue weighted by Gasteiger charge is 1.97. The molecule has 0 aliphatic carbocycles. The summed E-state index contributed by atoms with van der Waals surface area (Å²) >= 11 is 0. The maximum absolute atomic E-state index is 4.13. The van der Waals surface area contributed by atoms with Gasteiger partial charge in [0.2, 0.25) is 0 Å². The molecule has 0 spiro atoms. The zero-order valence-electron chi connectivity index (χ0n) is 15.2. The Morgan fingerprint density at radius 1 is 0.696 bits per heavy atom. The first-order valence-corrected chi connectivity index (χ1v) is 9.72. The van der Waals surface area contributed by atoms with Crippen molar-refractivity contribution in [2.24, 2.45) is 0 Å². The second-order valence-corrected chi connectivity index (χ2v) is 6.59. The van der Waals surface area contributed by atoms with Gasteiger partial charge >= 0.3 is 0 Å². The number of aromatic nitrogens is 2. The van der Waals surface area contributed by atoms with Crippen LogP contribution < -0.4 is 17.0 Å². The quantitative estimate of drug-likeness (QED) is 0.354. The average Bonchev–Trinajstić information content (AvgIpc) is 2.56. The smallest absolute Gasteiger partial charge is 0.286 e. The zero-order chi connectivity index (χ0) is 15.7. The molecule has 1 heterocycles. The van der Waals surface area contributed by atoms with E-state index in [9.17, 15) is 0 Å². The molecule has 0 saturated carbocycles. The van der Waals surface area contributed by atoms with Gasteiger partial charge in [0.05, 0.1) is 12.7 Å². The molecule has 1 aromatic heterocycles. The number of nitrogens with zero attached hydrogens (tertiary/aromatic N) is 2. The van der Waals surface area contributed by atoms with Crippen LogP contribution >= 0.6 is 0 Å². The van der Waals surface area contributed by atoms with E-state index >= 15 is 0 Å². The average molecular weight is 341 g/mol. The van der Waals surface area contributed by atoms with Gasteiger partial charge in [0.1, 0.15) is 6.20 Å². The summed E-state index contributed by atoms with van der Waals surface area (Å²) in [4.78, 5) is 4.13. The molecule has 0 bridgehead atoms. The summed E-state index contributed by atoms with van der Waals surface area (Å²) in [6.07, 6.45) is 25.8. The van der Waals surface area contributed by atoms with Crippen LogP contribution in [0.15, 0.2) is 24.8 Å². The summed E-state index contributed by atoms with van der Waals surface area (Å²) in [6, 6.07) is 2.00. The molecular formula is C20H37ClN2. The largest absolute Gasteiger partial charge is 1.00 e. The second kappa shape index (κ2) is 17.7. The van der Waals surface area contributed by atoms with Gasteiger partial charge in [-0.05, 0) is 12.8 Å². The van der Waals surface area contributed by atoms with E-state index in [0.717, 1.165) is 6.54 Å². The maximum Gasteiger partial charge on any atom is 0.286 e. The third-order valence-corrected chi connectivity index (χ3v) is 4.43. The minimum absolute atomic E-state index is 0. The minimum atomic E-state index is 0. The van der Waals surface area contributed by atoms with E-state index < -0.39 is 0 Å². The van der Waals surface area contributed by atoms with E-state index in [1.165, 1.54) is 89.9 Å². The van der Waals surface area contributed by atoms with E-state index in [0.29, 0.717) is 0 Å². The van der Waals surface area contributed by atoms with E-state index in [1.54, 1.807) is 0 Å². The molecule has 3 heteroatoms. The molecule has 0 saturated heterocycles. The fourth-order valence-corrected chi connectivity index (χ4v) is 2.98. The van der Waals surface area contributed by atoms with Crippen LogP contribution in [0, 0.1) is 0 Å². The van der Waals surface area contributed by atoms with Gasteiger partial charge in [-0.15, -0.1) is 0 Å². The summed E-state index contributed by atoms with van der Waals surface area (Å²) in [6.45, 7) is 3.41. The normalized spacial score (nSPS) is 10.5. The molecule has 0 aliphatic rings. The fourth-order valence-electron chi connectivity index (χ4n) is 2.98. The molecule has 1 rings (SSSR count). The highest BCUT2D eigenvalue weighted by molar-refractivity contribution is 4.68. The highest BCUT2D eigenvalue weighted by Crippen LogP contribution is 2.12. The topological polar surface area (TPSA) is 16.8 Å². The van der Waals surface area contributed by atoms with Crippen molar-refractivity contribution in [1.82, 2.24) is 4.98 Å². The predicted molar refractivity (Wildman–Crippen MR) is 94.7 cm³/mol. The summed E-state index contributed by atoms with van der Waals surface area (Å²) in [5.41, 5.74) is 0. The van der Waals surface area contributed by atoms with Gasteiger partial charge in [-0.25, -0.2) is 4.57 Å². The van der Waals surface area contributed by atoms with Crippen molar-refractivity contribution < 1.29 is 17.0 Å². The first-order chi connectivity index (χ1) is 10.9. The van der Waals surface area contributed by atoms with E-state index in [-0.39, 0.29) is 12.4 Å². The Morgan fingerprint density at radius 2 is 1.17 bits per heavy atom. The lowest BCUT2D eigenvalue weighted by atomic mass is 10.0. The molecule has 1 aromatic rings. The standard InChI is InChI=1S/C20H37N2.ClH/c1-2-3-4-5-6-7-8-9-10-11-12-13-14-15-18-22-19-16-17-21-20-22;/h16-17,19-20H,2-15,18H2,1H3;1H/q+1;/p-1. The van der Waals surface area contributed by atoms with E-state index in [4.69, 9.17) is 0 Å². The Kier molecular flexibility index (Phi) is 17.2. The molecule has 0 fully saturated rings. The molecule has 134 valence electrons. The predicted octanol–water partition coefficient (Wildman–Crippen LogP) is 2.85. The van der Waals surface area contributed by atoms with E-state index in [2.05, 4.69) is 22.7 Å². The molecule has 0 radical (unpaired) electrons. The van der Waals surface area contributed by atoms with Crippen LogP contribution in [0.25, 0.3) is 0 Å². The van der Waals surface area contributed by atoms with Crippen molar-refractivity contribution in [3.05, 3.63) is 24.8 Å². The Morgan fingerprint density at radius 3 is 1.61 bits per heavy atom. The lowest BCUT2D eigenvalue weighted by Crippen LogP contribution is -3.00. The third-order valence-electron chi connectivity index (χ3n) is 4.43. The first-order valence-electron chi connectivity index (χ1n) is 9.72.